The third kappa shape index (κ3) is 5.66. The van der Waals surface area contributed by atoms with Crippen LogP contribution in [-0.2, 0) is 9.59 Å². The molecule has 0 aromatic heterocycles. The smallest absolute Gasteiger partial charge is 0.306 e. The average Bonchev–Trinajstić information content (AvgIpc) is 2.34. The number of hydrogen-bond acceptors (Lipinski definition) is 4. The van der Waals surface area contributed by atoms with Crippen molar-refractivity contribution in [1.29, 1.82) is 0 Å². The van der Waals surface area contributed by atoms with E-state index in [4.69, 9.17) is 9.84 Å². The van der Waals surface area contributed by atoms with Crippen molar-refractivity contribution in [3.05, 3.63) is 30.1 Å². The van der Waals surface area contributed by atoms with Gasteiger partial charge in [-0.05, 0) is 19.1 Å². The molecule has 1 aromatic rings. The lowest BCUT2D eigenvalue weighted by Crippen LogP contribution is -2.43. The summed E-state index contributed by atoms with van der Waals surface area (Å²) in [6.45, 7) is 0.627. The molecule has 6 nitrogen and oxygen atoms in total. The van der Waals surface area contributed by atoms with Crippen molar-refractivity contribution < 1.29 is 28.9 Å². The lowest BCUT2D eigenvalue weighted by molar-refractivity contribution is -0.142. The molecule has 1 atom stereocenters. The van der Waals surface area contributed by atoms with E-state index in [1.54, 1.807) is 6.07 Å². The van der Waals surface area contributed by atoms with E-state index in [0.717, 1.165) is 0 Å². The van der Waals surface area contributed by atoms with Crippen LogP contribution in [0.25, 0.3) is 0 Å². The predicted molar refractivity (Wildman–Crippen MR) is 67.8 cm³/mol. The van der Waals surface area contributed by atoms with Crippen molar-refractivity contribution in [2.24, 2.45) is 0 Å². The minimum absolute atomic E-state index is 0.0556. The van der Waals surface area contributed by atoms with Crippen molar-refractivity contribution in [2.75, 3.05) is 13.2 Å². The lowest BCUT2D eigenvalue weighted by atomic mass is 10.0. The number of ether oxygens (including phenoxy) is 1. The molecular weight excluding hydrogens is 269 g/mol. The van der Waals surface area contributed by atoms with Crippen molar-refractivity contribution in [1.82, 2.24) is 5.32 Å². The number of para-hydroxylation sites is 1. The van der Waals surface area contributed by atoms with Crippen LogP contribution in [0.5, 0.6) is 5.75 Å². The molecular formula is C13H16FNO5. The van der Waals surface area contributed by atoms with Crippen molar-refractivity contribution in [3.63, 3.8) is 0 Å². The first-order valence-electron chi connectivity index (χ1n) is 5.88. The van der Waals surface area contributed by atoms with Gasteiger partial charge in [0.2, 0.25) is 0 Å². The second-order valence-corrected chi connectivity index (χ2v) is 4.56. The summed E-state index contributed by atoms with van der Waals surface area (Å²) >= 11 is 0. The predicted octanol–water partition coefficient (Wildman–Crippen LogP) is 0.546. The van der Waals surface area contributed by atoms with E-state index in [0.29, 0.717) is 0 Å². The van der Waals surface area contributed by atoms with Crippen molar-refractivity contribution in [2.45, 2.75) is 18.9 Å². The molecule has 0 saturated carbocycles. The average molecular weight is 285 g/mol. The molecule has 1 aromatic carbocycles. The highest BCUT2D eigenvalue weighted by atomic mass is 19.1. The van der Waals surface area contributed by atoms with Gasteiger partial charge in [-0.2, -0.15) is 0 Å². The third-order valence-electron chi connectivity index (χ3n) is 2.39. The molecule has 1 unspecified atom stereocenters. The zero-order valence-electron chi connectivity index (χ0n) is 10.9. The second kappa shape index (κ2) is 6.85. The zero-order valence-corrected chi connectivity index (χ0v) is 10.9. The number of carbonyl (C=O) groups excluding carboxylic acids is 1. The summed E-state index contributed by atoms with van der Waals surface area (Å²) in [5.41, 5.74) is -1.56. The summed E-state index contributed by atoms with van der Waals surface area (Å²) in [6.07, 6.45) is -0.499. The molecule has 0 aliphatic rings. The number of nitrogens with one attached hydrogen (secondary N) is 1. The molecule has 0 spiro atoms. The quantitative estimate of drug-likeness (QED) is 0.680. The maximum atomic E-state index is 13.2. The summed E-state index contributed by atoms with van der Waals surface area (Å²) in [5, 5.41) is 20.5. The minimum atomic E-state index is -1.56. The summed E-state index contributed by atoms with van der Waals surface area (Å²) in [6, 6.07) is 5.63. The van der Waals surface area contributed by atoms with Gasteiger partial charge in [0.15, 0.2) is 18.2 Å². The van der Waals surface area contributed by atoms with Gasteiger partial charge in [0, 0.05) is 6.54 Å². The highest BCUT2D eigenvalue weighted by molar-refractivity contribution is 5.77. The van der Waals surface area contributed by atoms with Gasteiger partial charge < -0.3 is 20.3 Å². The van der Waals surface area contributed by atoms with Gasteiger partial charge in [0.1, 0.15) is 0 Å². The first-order chi connectivity index (χ1) is 9.30. The molecule has 0 aliphatic carbocycles. The molecule has 110 valence electrons. The highest BCUT2D eigenvalue weighted by Crippen LogP contribution is 2.15. The fourth-order valence-electron chi connectivity index (χ4n) is 1.43. The Morgan fingerprint density at radius 3 is 2.65 bits per heavy atom. The van der Waals surface area contributed by atoms with E-state index < -0.39 is 36.3 Å². The number of rotatable bonds is 7. The molecule has 0 aliphatic heterocycles. The summed E-state index contributed by atoms with van der Waals surface area (Å²) in [7, 11) is 0. The van der Waals surface area contributed by atoms with E-state index >= 15 is 0 Å². The molecule has 0 heterocycles. The lowest BCUT2D eigenvalue weighted by Gasteiger charge is -2.21. The topological polar surface area (TPSA) is 95.9 Å². The number of carboxylic acid groups (broad SMARTS) is 1. The van der Waals surface area contributed by atoms with Gasteiger partial charge in [-0.1, -0.05) is 12.1 Å². The Kier molecular flexibility index (Phi) is 5.45. The highest BCUT2D eigenvalue weighted by Gasteiger charge is 2.24. The second-order valence-electron chi connectivity index (χ2n) is 4.56. The maximum absolute atomic E-state index is 13.2. The summed E-state index contributed by atoms with van der Waals surface area (Å²) < 4.78 is 18.2. The van der Waals surface area contributed by atoms with Crippen molar-refractivity contribution >= 4 is 11.9 Å². The van der Waals surface area contributed by atoms with Gasteiger partial charge in [-0.25, -0.2) is 4.39 Å². The van der Waals surface area contributed by atoms with Crippen LogP contribution >= 0.6 is 0 Å². The summed E-state index contributed by atoms with van der Waals surface area (Å²) in [5.74, 6) is -2.40. The van der Waals surface area contributed by atoms with E-state index in [-0.39, 0.29) is 12.3 Å². The zero-order chi connectivity index (χ0) is 15.2. The van der Waals surface area contributed by atoms with Gasteiger partial charge in [0.05, 0.1) is 12.0 Å². The number of amides is 1. The molecule has 20 heavy (non-hydrogen) atoms. The maximum Gasteiger partial charge on any atom is 0.306 e. The third-order valence-corrected chi connectivity index (χ3v) is 2.39. The molecule has 1 rings (SSSR count). The minimum Gasteiger partial charge on any atom is -0.481 e. The van der Waals surface area contributed by atoms with E-state index in [2.05, 4.69) is 5.32 Å². The number of halogens is 1. The molecule has 7 heteroatoms. The fourth-order valence-corrected chi connectivity index (χ4v) is 1.43. The van der Waals surface area contributed by atoms with Crippen LogP contribution in [0.4, 0.5) is 4.39 Å². The Labute approximate surface area is 115 Å². The van der Waals surface area contributed by atoms with Crippen LogP contribution in [0, 0.1) is 5.82 Å². The van der Waals surface area contributed by atoms with Gasteiger partial charge in [0.25, 0.3) is 5.91 Å². The first kappa shape index (κ1) is 15.9. The Bertz CT molecular complexity index is 489. The number of hydrogen-bond donors (Lipinski definition) is 3. The summed E-state index contributed by atoms with van der Waals surface area (Å²) in [4.78, 5) is 21.9. The van der Waals surface area contributed by atoms with Crippen LogP contribution in [-0.4, -0.2) is 40.8 Å². The Morgan fingerprint density at radius 2 is 2.05 bits per heavy atom. The van der Waals surface area contributed by atoms with Gasteiger partial charge in [-0.3, -0.25) is 9.59 Å². The molecule has 3 N–H and O–H groups in total. The van der Waals surface area contributed by atoms with Crippen molar-refractivity contribution in [3.8, 4) is 5.75 Å². The Morgan fingerprint density at radius 1 is 1.40 bits per heavy atom. The van der Waals surface area contributed by atoms with Crippen LogP contribution in [0.1, 0.15) is 13.3 Å². The van der Waals surface area contributed by atoms with Crippen LogP contribution < -0.4 is 10.1 Å². The Hall–Kier alpha value is -2.15. The van der Waals surface area contributed by atoms with Crippen LogP contribution in [0.2, 0.25) is 0 Å². The van der Waals surface area contributed by atoms with Gasteiger partial charge >= 0.3 is 5.97 Å². The monoisotopic (exact) mass is 285 g/mol. The molecule has 0 saturated heterocycles. The fraction of sp³-hybridized carbons (Fsp3) is 0.385. The number of carbonyl (C=O) groups is 2. The standard InChI is InChI=1S/C13H16FNO5/c1-13(19,6-12(17)18)8-15-11(16)7-20-10-5-3-2-4-9(10)14/h2-5,19H,6-8H2,1H3,(H,15,16)(H,17,18). The first-order valence-corrected chi connectivity index (χ1v) is 5.88. The number of aliphatic carboxylic acids is 1. The number of carboxylic acids is 1. The molecule has 1 amide bonds. The number of aliphatic hydroxyl groups is 1. The van der Waals surface area contributed by atoms with E-state index in [9.17, 15) is 19.1 Å². The van der Waals surface area contributed by atoms with Crippen LogP contribution in [0.3, 0.4) is 0 Å². The largest absolute Gasteiger partial charge is 0.481 e. The van der Waals surface area contributed by atoms with E-state index in [1.807, 2.05) is 0 Å². The Balaban J connectivity index is 2.38. The SMILES string of the molecule is CC(O)(CNC(=O)COc1ccccc1F)CC(=O)O. The normalized spacial score (nSPS) is 13.3. The molecule has 0 fully saturated rings. The molecule has 0 bridgehead atoms. The van der Waals surface area contributed by atoms with E-state index in [1.165, 1.54) is 25.1 Å². The van der Waals surface area contributed by atoms with Gasteiger partial charge in [-0.15, -0.1) is 0 Å². The van der Waals surface area contributed by atoms with Crippen LogP contribution in [0.15, 0.2) is 24.3 Å². The molecule has 0 radical (unpaired) electrons. The number of benzene rings is 1.